The van der Waals surface area contributed by atoms with Crippen molar-refractivity contribution >= 4 is 27.6 Å². The fourth-order valence-electron chi connectivity index (χ4n) is 1.03. The Kier molecular flexibility index (Phi) is 3.11. The molecule has 0 radical (unpaired) electrons. The van der Waals surface area contributed by atoms with Crippen molar-refractivity contribution in [3.05, 3.63) is 38.2 Å². The molecule has 0 atom stereocenters. The summed E-state index contributed by atoms with van der Waals surface area (Å²) in [5, 5.41) is 12.2. The quantitative estimate of drug-likeness (QED) is 0.499. The van der Waals surface area contributed by atoms with Gasteiger partial charge in [-0.25, -0.2) is 4.79 Å². The highest BCUT2D eigenvalue weighted by Gasteiger charge is 2.08. The summed E-state index contributed by atoms with van der Waals surface area (Å²) >= 11 is 3.14. The molecule has 0 heterocycles. The van der Waals surface area contributed by atoms with Gasteiger partial charge < -0.3 is 5.11 Å². The number of hydrogen-bond acceptors (Lipinski definition) is 2. The Labute approximate surface area is 88.1 Å². The van der Waals surface area contributed by atoms with E-state index in [0.29, 0.717) is 15.7 Å². The zero-order valence-corrected chi connectivity index (χ0v) is 8.82. The van der Waals surface area contributed by atoms with E-state index in [1.54, 1.807) is 6.92 Å². The third kappa shape index (κ3) is 2.04. The van der Waals surface area contributed by atoms with E-state index in [9.17, 15) is 4.79 Å². The molecule has 0 bridgehead atoms. The van der Waals surface area contributed by atoms with Gasteiger partial charge in [-0.3, -0.25) is 0 Å². The Morgan fingerprint density at radius 3 is 2.71 bits per heavy atom. The van der Waals surface area contributed by atoms with Crippen LogP contribution in [0.4, 0.5) is 5.69 Å². The number of azide groups is 1. The molecule has 5 nitrogen and oxygen atoms in total. The Bertz CT molecular complexity index is 415. The minimum atomic E-state index is -1.01. The van der Waals surface area contributed by atoms with Crippen LogP contribution >= 0.6 is 15.9 Å². The molecule has 1 N–H and O–H groups in total. The molecule has 0 aliphatic heterocycles. The normalized spacial score (nSPS) is 9.29. The minimum absolute atomic E-state index is 0.159. The lowest BCUT2D eigenvalue weighted by Gasteiger charge is -2.03. The lowest BCUT2D eigenvalue weighted by Crippen LogP contribution is -1.96. The molecule has 6 heteroatoms. The van der Waals surface area contributed by atoms with Crippen molar-refractivity contribution in [1.82, 2.24) is 0 Å². The van der Waals surface area contributed by atoms with Gasteiger partial charge in [0, 0.05) is 9.38 Å². The number of rotatable bonds is 2. The van der Waals surface area contributed by atoms with E-state index >= 15 is 0 Å². The summed E-state index contributed by atoms with van der Waals surface area (Å²) in [7, 11) is 0. The molecule has 0 amide bonds. The Morgan fingerprint density at radius 2 is 2.29 bits per heavy atom. The molecule has 72 valence electrons. The first-order valence-corrected chi connectivity index (χ1v) is 4.44. The van der Waals surface area contributed by atoms with E-state index in [4.69, 9.17) is 10.6 Å². The highest BCUT2D eigenvalue weighted by Crippen LogP contribution is 2.30. The molecular formula is C8H6BrN3O2. The number of nitrogens with zero attached hydrogens (tertiary/aromatic N) is 3. The van der Waals surface area contributed by atoms with Gasteiger partial charge in [-0.15, -0.1) is 0 Å². The third-order valence-corrected chi connectivity index (χ3v) is 2.25. The first-order valence-electron chi connectivity index (χ1n) is 3.65. The predicted octanol–water partition coefficient (Wildman–Crippen LogP) is 3.40. The van der Waals surface area contributed by atoms with Crippen molar-refractivity contribution in [1.29, 1.82) is 0 Å². The van der Waals surface area contributed by atoms with Gasteiger partial charge in [0.15, 0.2) is 0 Å². The smallest absolute Gasteiger partial charge is 0.335 e. The number of carboxylic acids is 1. The highest BCUT2D eigenvalue weighted by molar-refractivity contribution is 9.10. The van der Waals surface area contributed by atoms with E-state index in [-0.39, 0.29) is 5.56 Å². The SMILES string of the molecule is Cc1cc(C(=O)O)cc(Br)c1N=[N+]=[N-]. The van der Waals surface area contributed by atoms with Crippen LogP contribution in [0, 0.1) is 6.92 Å². The number of carbonyl (C=O) groups is 1. The van der Waals surface area contributed by atoms with Crippen LogP contribution in [0.5, 0.6) is 0 Å². The van der Waals surface area contributed by atoms with Gasteiger partial charge in [-0.1, -0.05) is 21.0 Å². The number of hydrogen-bond donors (Lipinski definition) is 1. The summed E-state index contributed by atoms with van der Waals surface area (Å²) in [6, 6.07) is 2.86. The maximum Gasteiger partial charge on any atom is 0.335 e. The molecule has 0 aromatic heterocycles. The Hall–Kier alpha value is -1.52. The summed E-state index contributed by atoms with van der Waals surface area (Å²) < 4.78 is 0.479. The highest BCUT2D eigenvalue weighted by atomic mass is 79.9. The van der Waals surface area contributed by atoms with Crippen LogP contribution in [0.3, 0.4) is 0 Å². The first kappa shape index (κ1) is 10.6. The third-order valence-electron chi connectivity index (χ3n) is 1.65. The molecular weight excluding hydrogens is 250 g/mol. The van der Waals surface area contributed by atoms with Crippen molar-refractivity contribution in [3.8, 4) is 0 Å². The van der Waals surface area contributed by atoms with Crippen molar-refractivity contribution < 1.29 is 9.90 Å². The second-order valence-electron chi connectivity index (χ2n) is 2.62. The van der Waals surface area contributed by atoms with Crippen LogP contribution in [0.2, 0.25) is 0 Å². The van der Waals surface area contributed by atoms with Gasteiger partial charge in [0.25, 0.3) is 0 Å². The zero-order chi connectivity index (χ0) is 10.7. The summed E-state index contributed by atoms with van der Waals surface area (Å²) in [6.07, 6.45) is 0. The fourth-order valence-corrected chi connectivity index (χ4v) is 1.67. The summed E-state index contributed by atoms with van der Waals surface area (Å²) in [5.74, 6) is -1.01. The maximum absolute atomic E-state index is 10.7. The number of halogens is 1. The average molecular weight is 256 g/mol. The average Bonchev–Trinajstić information content (AvgIpc) is 2.10. The molecule has 0 aliphatic rings. The summed E-state index contributed by atoms with van der Waals surface area (Å²) in [5.41, 5.74) is 9.46. The zero-order valence-electron chi connectivity index (χ0n) is 7.23. The lowest BCUT2D eigenvalue weighted by molar-refractivity contribution is 0.0696. The molecule has 0 unspecified atom stereocenters. The second kappa shape index (κ2) is 4.13. The number of aryl methyl sites for hydroxylation is 1. The van der Waals surface area contributed by atoms with Crippen LogP contribution in [-0.4, -0.2) is 11.1 Å². The van der Waals surface area contributed by atoms with Crippen molar-refractivity contribution in [2.75, 3.05) is 0 Å². The number of aromatic carboxylic acids is 1. The van der Waals surface area contributed by atoms with E-state index in [0.717, 1.165) is 0 Å². The van der Waals surface area contributed by atoms with E-state index < -0.39 is 5.97 Å². The Morgan fingerprint density at radius 1 is 1.64 bits per heavy atom. The van der Waals surface area contributed by atoms with Crippen molar-refractivity contribution in [3.63, 3.8) is 0 Å². The first-order chi connectivity index (χ1) is 6.56. The van der Waals surface area contributed by atoms with Gasteiger partial charge in [-0.2, -0.15) is 0 Å². The monoisotopic (exact) mass is 255 g/mol. The van der Waals surface area contributed by atoms with Gasteiger partial charge in [0.2, 0.25) is 0 Å². The van der Waals surface area contributed by atoms with Crippen LogP contribution in [0.15, 0.2) is 21.7 Å². The molecule has 0 aliphatic carbocycles. The van der Waals surface area contributed by atoms with E-state index in [1.165, 1.54) is 12.1 Å². The topological polar surface area (TPSA) is 86.1 Å². The molecule has 1 rings (SSSR count). The minimum Gasteiger partial charge on any atom is -0.478 e. The van der Waals surface area contributed by atoms with Crippen LogP contribution in [-0.2, 0) is 0 Å². The standard InChI is InChI=1S/C8H6BrN3O2/c1-4-2-5(8(13)14)3-6(9)7(4)11-12-10/h2-3H,1H3,(H,13,14). The molecule has 1 aromatic rings. The number of carboxylic acid groups (broad SMARTS) is 1. The molecule has 0 spiro atoms. The van der Waals surface area contributed by atoms with E-state index in [1.807, 2.05) is 0 Å². The van der Waals surface area contributed by atoms with Gasteiger partial charge in [0.05, 0.1) is 11.3 Å². The van der Waals surface area contributed by atoms with Crippen molar-refractivity contribution in [2.24, 2.45) is 5.11 Å². The maximum atomic E-state index is 10.7. The lowest BCUT2D eigenvalue weighted by atomic mass is 10.1. The van der Waals surface area contributed by atoms with Gasteiger partial charge in [0.1, 0.15) is 0 Å². The second-order valence-corrected chi connectivity index (χ2v) is 3.47. The van der Waals surface area contributed by atoms with Crippen molar-refractivity contribution in [2.45, 2.75) is 6.92 Å². The van der Waals surface area contributed by atoms with Gasteiger partial charge in [-0.05, 0) is 30.2 Å². The Balaban J connectivity index is 3.39. The molecule has 1 aromatic carbocycles. The van der Waals surface area contributed by atoms with Crippen LogP contribution < -0.4 is 0 Å². The van der Waals surface area contributed by atoms with Gasteiger partial charge >= 0.3 is 5.97 Å². The fraction of sp³-hybridized carbons (Fsp3) is 0.125. The predicted molar refractivity (Wildman–Crippen MR) is 54.6 cm³/mol. The summed E-state index contributed by atoms with van der Waals surface area (Å²) in [4.78, 5) is 13.3. The summed E-state index contributed by atoms with van der Waals surface area (Å²) in [6.45, 7) is 1.68. The molecule has 14 heavy (non-hydrogen) atoms. The molecule has 0 saturated carbocycles. The molecule has 0 saturated heterocycles. The van der Waals surface area contributed by atoms with Crippen LogP contribution in [0.1, 0.15) is 15.9 Å². The molecule has 0 fully saturated rings. The number of benzene rings is 1. The van der Waals surface area contributed by atoms with E-state index in [2.05, 4.69) is 26.0 Å². The van der Waals surface area contributed by atoms with Crippen LogP contribution in [0.25, 0.3) is 10.4 Å². The largest absolute Gasteiger partial charge is 0.478 e.